The molecule has 4 aromatic rings. The maximum atomic E-state index is 15.1. The molecule has 1 heterocycles. The van der Waals surface area contributed by atoms with Gasteiger partial charge in [-0.2, -0.15) is 0 Å². The fourth-order valence-corrected chi connectivity index (χ4v) is 10.6. The zero-order valence-electron chi connectivity index (χ0n) is 35.8. The van der Waals surface area contributed by atoms with Crippen molar-refractivity contribution in [2.75, 3.05) is 45.3 Å². The number of thioether (sulfide) groups is 1. The first-order valence-corrected chi connectivity index (χ1v) is 23.3. The molecule has 6 unspecified atom stereocenters. The quantitative estimate of drug-likeness (QED) is 0.0348. The standard InChI is InChI=1S/C51H62N2O7S/c1-4-26-53(50(56)39-23-22-36-16-10-11-17-37(36)32-39)47-35-45(52-59-6-3)43-33-38(18-12-14-27-54)42(21-13-15-28-55)48-44-34-40(57-30-31-61-41-19-8-7-9-20-41)24-25-46(44)60-51(47,49(43)48)58-29-5-2/h5,7-11,16-17,19-20,22-25,32-34,38,42,47-49,54-55H,2,4,6,12-15,18,21,26-31,35H2,1,3H3. The second-order valence-electron chi connectivity index (χ2n) is 16.3. The van der Waals surface area contributed by atoms with Gasteiger partial charge in [-0.25, -0.2) is 0 Å². The van der Waals surface area contributed by atoms with E-state index in [1.807, 2.05) is 78.6 Å². The van der Waals surface area contributed by atoms with Crippen LogP contribution in [0.15, 0.2) is 125 Å². The van der Waals surface area contributed by atoms with Gasteiger partial charge in [0.2, 0.25) is 5.79 Å². The van der Waals surface area contributed by atoms with Crippen molar-refractivity contribution in [1.29, 1.82) is 0 Å². The van der Waals surface area contributed by atoms with Crippen LogP contribution in [0.25, 0.3) is 10.8 Å². The molecule has 2 aliphatic carbocycles. The van der Waals surface area contributed by atoms with E-state index in [9.17, 15) is 10.2 Å². The monoisotopic (exact) mass is 846 g/mol. The van der Waals surface area contributed by atoms with Gasteiger partial charge in [0, 0.05) is 53.9 Å². The zero-order chi connectivity index (χ0) is 42.6. The Labute approximate surface area is 365 Å². The summed E-state index contributed by atoms with van der Waals surface area (Å²) < 4.78 is 21.1. The van der Waals surface area contributed by atoms with Crippen LogP contribution in [0, 0.1) is 17.8 Å². The molecule has 1 amide bonds. The first-order chi connectivity index (χ1) is 30.0. The molecule has 7 rings (SSSR count). The minimum atomic E-state index is -1.31. The molecule has 4 aromatic carbocycles. The van der Waals surface area contributed by atoms with Crippen molar-refractivity contribution in [3.63, 3.8) is 0 Å². The van der Waals surface area contributed by atoms with Crippen molar-refractivity contribution in [3.05, 3.63) is 126 Å². The lowest BCUT2D eigenvalue weighted by Crippen LogP contribution is -2.70. The van der Waals surface area contributed by atoms with E-state index in [2.05, 4.69) is 43.8 Å². The summed E-state index contributed by atoms with van der Waals surface area (Å²) in [5.74, 6) is 0.638. The Morgan fingerprint density at radius 1 is 0.951 bits per heavy atom. The highest BCUT2D eigenvalue weighted by Gasteiger charge is 2.65. The molecule has 1 fully saturated rings. The van der Waals surface area contributed by atoms with Crippen LogP contribution in [0.4, 0.5) is 0 Å². The van der Waals surface area contributed by atoms with Crippen LogP contribution in [0.5, 0.6) is 11.5 Å². The highest BCUT2D eigenvalue weighted by molar-refractivity contribution is 7.99. The van der Waals surface area contributed by atoms with Gasteiger partial charge < -0.3 is 34.2 Å². The van der Waals surface area contributed by atoms with Crippen molar-refractivity contribution in [2.24, 2.45) is 22.9 Å². The zero-order valence-corrected chi connectivity index (χ0v) is 36.6. The van der Waals surface area contributed by atoms with E-state index in [0.29, 0.717) is 50.3 Å². The molecule has 1 aliphatic heterocycles. The Morgan fingerprint density at radius 3 is 2.48 bits per heavy atom. The highest BCUT2D eigenvalue weighted by atomic mass is 32.2. The summed E-state index contributed by atoms with van der Waals surface area (Å²) in [6, 6.07) is 29.9. The minimum absolute atomic E-state index is 0.0948. The lowest BCUT2D eigenvalue weighted by atomic mass is 9.55. The lowest BCUT2D eigenvalue weighted by molar-refractivity contribution is -0.254. The van der Waals surface area contributed by atoms with Gasteiger partial charge in [0.1, 0.15) is 24.1 Å². The van der Waals surface area contributed by atoms with Gasteiger partial charge >= 0.3 is 0 Å². The normalized spacial score (nSPS) is 23.4. The fraction of sp³-hybridized carbons (Fsp3) is 0.451. The second-order valence-corrected chi connectivity index (χ2v) is 17.4. The molecular weight excluding hydrogens is 785 g/mol. The Morgan fingerprint density at radius 2 is 1.72 bits per heavy atom. The van der Waals surface area contributed by atoms with E-state index in [1.165, 1.54) is 4.90 Å². The van der Waals surface area contributed by atoms with Gasteiger partial charge in [0.15, 0.2) is 0 Å². The number of carbonyl (C=O) groups excluding carboxylic acids is 1. The molecule has 0 bridgehead atoms. The summed E-state index contributed by atoms with van der Waals surface area (Å²) in [6.45, 7) is 9.97. The molecular formula is C51H62N2O7S. The predicted molar refractivity (Wildman–Crippen MR) is 245 cm³/mol. The third-order valence-corrected chi connectivity index (χ3v) is 13.4. The third-order valence-electron chi connectivity index (χ3n) is 12.4. The number of carbonyl (C=O) groups is 1. The molecule has 10 heteroatoms. The van der Waals surface area contributed by atoms with E-state index in [0.717, 1.165) is 71.2 Å². The van der Waals surface area contributed by atoms with Crippen molar-refractivity contribution in [1.82, 2.24) is 4.90 Å². The summed E-state index contributed by atoms with van der Waals surface area (Å²) in [5.41, 5.74) is 3.47. The van der Waals surface area contributed by atoms with Gasteiger partial charge in [0.05, 0.1) is 24.8 Å². The topological polar surface area (TPSA) is 110 Å². The average molecular weight is 847 g/mol. The molecule has 0 radical (unpaired) electrons. The molecule has 0 aromatic heterocycles. The van der Waals surface area contributed by atoms with Crippen LogP contribution in [-0.2, 0) is 9.57 Å². The maximum Gasteiger partial charge on any atom is 0.254 e. The summed E-state index contributed by atoms with van der Waals surface area (Å²) in [4.78, 5) is 24.2. The van der Waals surface area contributed by atoms with Crippen LogP contribution in [0.2, 0.25) is 0 Å². The van der Waals surface area contributed by atoms with Crippen molar-refractivity contribution in [2.45, 2.75) is 87.9 Å². The molecule has 0 saturated heterocycles. The number of oxime groups is 1. The summed E-state index contributed by atoms with van der Waals surface area (Å²) in [6.07, 6.45) is 10.1. The number of hydrogen-bond donors (Lipinski definition) is 2. The number of amides is 1. The number of benzene rings is 4. The Bertz CT molecular complexity index is 2140. The van der Waals surface area contributed by atoms with Crippen LogP contribution < -0.4 is 9.47 Å². The number of aliphatic hydroxyl groups excluding tert-OH is 2. The summed E-state index contributed by atoms with van der Waals surface area (Å²) in [5, 5.41) is 26.8. The summed E-state index contributed by atoms with van der Waals surface area (Å²) in [7, 11) is 0. The Kier molecular flexibility index (Phi) is 15.6. The molecule has 6 atom stereocenters. The number of aliphatic hydroxyl groups is 2. The Balaban J connectivity index is 1.38. The number of allylic oxidation sites excluding steroid dienone is 1. The first-order valence-electron chi connectivity index (χ1n) is 22.3. The van der Waals surface area contributed by atoms with E-state index in [1.54, 1.807) is 17.8 Å². The number of rotatable bonds is 22. The van der Waals surface area contributed by atoms with Crippen LogP contribution >= 0.6 is 11.8 Å². The molecule has 0 spiro atoms. The third kappa shape index (κ3) is 9.88. The molecule has 1 saturated carbocycles. The molecule has 324 valence electrons. The van der Waals surface area contributed by atoms with Crippen LogP contribution in [0.1, 0.15) is 87.1 Å². The number of unbranched alkanes of at least 4 members (excludes halogenated alkanes) is 2. The number of nitrogens with zero attached hydrogens (tertiary/aromatic N) is 2. The van der Waals surface area contributed by atoms with E-state index >= 15 is 4.79 Å². The first kappa shape index (κ1) is 44.4. The van der Waals surface area contributed by atoms with E-state index in [4.69, 9.17) is 24.2 Å². The van der Waals surface area contributed by atoms with Crippen LogP contribution in [-0.4, -0.2) is 83.9 Å². The largest absolute Gasteiger partial charge is 0.493 e. The predicted octanol–water partition coefficient (Wildman–Crippen LogP) is 10.2. The molecule has 2 N–H and O–H groups in total. The van der Waals surface area contributed by atoms with Crippen LogP contribution in [0.3, 0.4) is 0 Å². The minimum Gasteiger partial charge on any atom is -0.493 e. The van der Waals surface area contributed by atoms with Gasteiger partial charge in [-0.15, -0.1) is 18.3 Å². The van der Waals surface area contributed by atoms with Gasteiger partial charge in [-0.1, -0.05) is 85.6 Å². The molecule has 9 nitrogen and oxygen atoms in total. The van der Waals surface area contributed by atoms with E-state index < -0.39 is 11.8 Å². The van der Waals surface area contributed by atoms with Crippen molar-refractivity contribution in [3.8, 4) is 11.5 Å². The van der Waals surface area contributed by atoms with Crippen molar-refractivity contribution >= 4 is 34.2 Å². The van der Waals surface area contributed by atoms with Gasteiger partial charge in [-0.05, 0) is 110 Å². The second kappa shape index (κ2) is 21.5. The number of fused-ring (bicyclic) bond motifs is 3. The maximum absolute atomic E-state index is 15.1. The molecule has 61 heavy (non-hydrogen) atoms. The summed E-state index contributed by atoms with van der Waals surface area (Å²) >= 11 is 1.76. The SMILES string of the molecule is C=CCOC12Oc3ccc(OCCSc4ccccc4)cc3C3C(CCCCO)C(CCCCO)C=C(C(=NOCC)CC1N(CCC)C(=O)c1ccc4ccccc4c1)C32. The smallest absolute Gasteiger partial charge is 0.254 e. The highest BCUT2D eigenvalue weighted by Crippen LogP contribution is 2.62. The number of ether oxygens (including phenoxy) is 3. The number of hydrogen-bond acceptors (Lipinski definition) is 9. The molecule has 3 aliphatic rings. The Hall–Kier alpha value is -4.61. The van der Waals surface area contributed by atoms with Gasteiger partial charge in [0.25, 0.3) is 5.91 Å². The lowest BCUT2D eigenvalue weighted by Gasteiger charge is -2.60. The average Bonchev–Trinajstić information content (AvgIpc) is 3.29. The van der Waals surface area contributed by atoms with Gasteiger partial charge in [-0.3, -0.25) is 4.79 Å². The fourth-order valence-electron chi connectivity index (χ4n) is 9.84. The van der Waals surface area contributed by atoms with Crippen molar-refractivity contribution < 1.29 is 34.1 Å². The van der Waals surface area contributed by atoms with E-state index in [-0.39, 0.29) is 49.4 Å².